The minimum Gasteiger partial charge on any atom is -0.327 e. The van der Waals surface area contributed by atoms with Crippen molar-refractivity contribution in [3.05, 3.63) is 71.9 Å². The van der Waals surface area contributed by atoms with Gasteiger partial charge in [-0.05, 0) is 36.8 Å². The summed E-state index contributed by atoms with van der Waals surface area (Å²) in [6, 6.07) is 11.7. The molecule has 27 heavy (non-hydrogen) atoms. The first kappa shape index (κ1) is 16.1. The summed E-state index contributed by atoms with van der Waals surface area (Å²) in [4.78, 5) is 8.95. The Hall–Kier alpha value is -3.15. The summed E-state index contributed by atoms with van der Waals surface area (Å²) in [6.07, 6.45) is 3.50. The molecule has 3 heterocycles. The smallest absolute Gasteiger partial charge is 0.194 e. The van der Waals surface area contributed by atoms with Crippen molar-refractivity contribution in [2.75, 3.05) is 0 Å². The van der Waals surface area contributed by atoms with Crippen molar-refractivity contribution >= 4 is 10.9 Å². The second kappa shape index (κ2) is 5.94. The van der Waals surface area contributed by atoms with E-state index in [1.807, 2.05) is 30.3 Å². The molecule has 2 aromatic carbocycles. The van der Waals surface area contributed by atoms with Gasteiger partial charge >= 0.3 is 0 Å². The number of aryl methyl sites for hydroxylation is 1. The number of fused-ring (bicyclic) bond motifs is 2. The molecule has 0 N–H and O–H groups in total. The van der Waals surface area contributed by atoms with Crippen molar-refractivity contribution in [3.8, 4) is 22.5 Å². The van der Waals surface area contributed by atoms with Gasteiger partial charge in [-0.1, -0.05) is 12.1 Å². The van der Waals surface area contributed by atoms with Crippen molar-refractivity contribution in [1.82, 2.24) is 14.5 Å². The van der Waals surface area contributed by atoms with Crippen molar-refractivity contribution in [2.45, 2.75) is 19.4 Å². The zero-order valence-corrected chi connectivity index (χ0v) is 14.2. The number of halogens is 3. The van der Waals surface area contributed by atoms with Crippen LogP contribution in [0.2, 0.25) is 0 Å². The fourth-order valence-electron chi connectivity index (χ4n) is 3.74. The molecule has 134 valence electrons. The van der Waals surface area contributed by atoms with E-state index in [1.54, 1.807) is 6.20 Å². The molecule has 6 heteroatoms. The Balaban J connectivity index is 1.76. The Kier molecular flexibility index (Phi) is 3.53. The summed E-state index contributed by atoms with van der Waals surface area (Å²) in [5.41, 5.74) is 3.23. The van der Waals surface area contributed by atoms with E-state index in [4.69, 9.17) is 0 Å². The quantitative estimate of drug-likeness (QED) is 0.461. The topological polar surface area (TPSA) is 30.7 Å². The Morgan fingerprint density at radius 2 is 1.74 bits per heavy atom. The Morgan fingerprint density at radius 3 is 2.56 bits per heavy atom. The molecule has 0 unspecified atom stereocenters. The van der Waals surface area contributed by atoms with E-state index in [-0.39, 0.29) is 5.56 Å². The second-order valence-corrected chi connectivity index (χ2v) is 6.65. The Morgan fingerprint density at radius 1 is 0.926 bits per heavy atom. The summed E-state index contributed by atoms with van der Waals surface area (Å²) in [6.45, 7) is 0.787. The van der Waals surface area contributed by atoms with Gasteiger partial charge in [-0.3, -0.25) is 4.98 Å². The van der Waals surface area contributed by atoms with Gasteiger partial charge in [-0.15, -0.1) is 0 Å². The third-order valence-electron chi connectivity index (χ3n) is 4.96. The van der Waals surface area contributed by atoms with Crippen molar-refractivity contribution in [2.24, 2.45) is 0 Å². The summed E-state index contributed by atoms with van der Waals surface area (Å²) < 4.78 is 43.1. The van der Waals surface area contributed by atoms with Gasteiger partial charge in [-0.25, -0.2) is 18.2 Å². The number of imidazole rings is 1. The predicted octanol–water partition coefficient (Wildman–Crippen LogP) is 5.13. The highest BCUT2D eigenvalue weighted by atomic mass is 19.2. The van der Waals surface area contributed by atoms with Gasteiger partial charge in [0.15, 0.2) is 17.5 Å². The fourth-order valence-corrected chi connectivity index (χ4v) is 3.74. The van der Waals surface area contributed by atoms with Crippen LogP contribution in [-0.4, -0.2) is 14.5 Å². The lowest BCUT2D eigenvalue weighted by Crippen LogP contribution is -1.97. The third-order valence-corrected chi connectivity index (χ3v) is 4.96. The van der Waals surface area contributed by atoms with Crippen LogP contribution in [0.3, 0.4) is 0 Å². The number of hydrogen-bond acceptors (Lipinski definition) is 2. The normalized spacial score (nSPS) is 13.3. The first-order valence-electron chi connectivity index (χ1n) is 8.71. The molecule has 5 rings (SSSR count). The van der Waals surface area contributed by atoms with Gasteiger partial charge in [0.25, 0.3) is 0 Å². The van der Waals surface area contributed by atoms with E-state index in [0.717, 1.165) is 59.5 Å². The van der Waals surface area contributed by atoms with Crippen LogP contribution in [0.4, 0.5) is 13.2 Å². The van der Waals surface area contributed by atoms with Gasteiger partial charge < -0.3 is 4.57 Å². The van der Waals surface area contributed by atoms with Crippen LogP contribution < -0.4 is 0 Å². The summed E-state index contributed by atoms with van der Waals surface area (Å²) in [5, 5.41) is 0.964. The standard InChI is InChI=1S/C21H14F3N3/c22-15-10-14(11-16(23)19(15)24)20-21(27-8-2-4-18(27)26-20)13-5-6-17-12(9-13)3-1-7-25-17/h1,3,5-7,9-11H,2,4,8H2. The highest BCUT2D eigenvalue weighted by molar-refractivity contribution is 5.87. The maximum absolute atomic E-state index is 13.8. The van der Waals surface area contributed by atoms with Crippen molar-refractivity contribution < 1.29 is 13.2 Å². The Labute approximate surface area is 153 Å². The summed E-state index contributed by atoms with van der Waals surface area (Å²) >= 11 is 0. The molecule has 0 amide bonds. The molecule has 1 aliphatic rings. The molecule has 3 nitrogen and oxygen atoms in total. The van der Waals surface area contributed by atoms with Crippen LogP contribution in [0.1, 0.15) is 12.2 Å². The molecular formula is C21H14F3N3. The molecule has 0 saturated heterocycles. The van der Waals surface area contributed by atoms with Crippen LogP contribution in [0, 0.1) is 17.5 Å². The minimum absolute atomic E-state index is 0.231. The van der Waals surface area contributed by atoms with Crippen LogP contribution >= 0.6 is 0 Å². The van der Waals surface area contributed by atoms with Crippen molar-refractivity contribution in [1.29, 1.82) is 0 Å². The first-order valence-corrected chi connectivity index (χ1v) is 8.71. The molecular weight excluding hydrogens is 351 g/mol. The molecule has 0 bridgehead atoms. The molecule has 0 radical (unpaired) electrons. The van der Waals surface area contributed by atoms with Gasteiger partial charge in [0.2, 0.25) is 0 Å². The van der Waals surface area contributed by atoms with E-state index in [2.05, 4.69) is 14.5 Å². The van der Waals surface area contributed by atoms with E-state index in [1.165, 1.54) is 0 Å². The van der Waals surface area contributed by atoms with Gasteiger partial charge in [0.1, 0.15) is 5.82 Å². The zero-order valence-electron chi connectivity index (χ0n) is 14.2. The molecule has 0 spiro atoms. The molecule has 1 aliphatic heterocycles. The third kappa shape index (κ3) is 2.51. The maximum atomic E-state index is 13.8. The molecule has 0 fully saturated rings. The molecule has 0 aliphatic carbocycles. The average Bonchev–Trinajstić information content (AvgIpc) is 3.26. The number of nitrogens with zero attached hydrogens (tertiary/aromatic N) is 3. The number of benzene rings is 2. The molecule has 2 aromatic heterocycles. The first-order chi connectivity index (χ1) is 13.1. The SMILES string of the molecule is Fc1cc(-c2nc3n(c2-c2ccc4ncccc4c2)CCC3)cc(F)c1F. The van der Waals surface area contributed by atoms with E-state index < -0.39 is 17.5 Å². The monoisotopic (exact) mass is 365 g/mol. The van der Waals surface area contributed by atoms with E-state index >= 15 is 0 Å². The van der Waals surface area contributed by atoms with E-state index in [9.17, 15) is 13.2 Å². The molecule has 4 aromatic rings. The van der Waals surface area contributed by atoms with Crippen LogP contribution in [0.5, 0.6) is 0 Å². The fraction of sp³-hybridized carbons (Fsp3) is 0.143. The number of rotatable bonds is 2. The zero-order chi connectivity index (χ0) is 18.5. The molecule has 0 atom stereocenters. The van der Waals surface area contributed by atoms with Gasteiger partial charge in [0.05, 0.1) is 16.9 Å². The molecule has 0 saturated carbocycles. The maximum Gasteiger partial charge on any atom is 0.194 e. The van der Waals surface area contributed by atoms with Crippen LogP contribution in [-0.2, 0) is 13.0 Å². The van der Waals surface area contributed by atoms with E-state index in [0.29, 0.717) is 5.69 Å². The highest BCUT2D eigenvalue weighted by Crippen LogP contribution is 2.37. The lowest BCUT2D eigenvalue weighted by molar-refractivity contribution is 0.447. The van der Waals surface area contributed by atoms with Gasteiger partial charge in [0, 0.05) is 35.7 Å². The summed E-state index contributed by atoms with van der Waals surface area (Å²) in [7, 11) is 0. The number of pyridine rings is 1. The van der Waals surface area contributed by atoms with Crippen LogP contribution in [0.15, 0.2) is 48.7 Å². The predicted molar refractivity (Wildman–Crippen MR) is 96.6 cm³/mol. The second-order valence-electron chi connectivity index (χ2n) is 6.65. The summed E-state index contributed by atoms with van der Waals surface area (Å²) in [5.74, 6) is -3.03. The highest BCUT2D eigenvalue weighted by Gasteiger charge is 2.25. The van der Waals surface area contributed by atoms with Crippen LogP contribution in [0.25, 0.3) is 33.4 Å². The lowest BCUT2D eigenvalue weighted by Gasteiger charge is -2.10. The Bertz CT molecular complexity index is 1170. The minimum atomic E-state index is -1.47. The lowest BCUT2D eigenvalue weighted by atomic mass is 10.0. The largest absolute Gasteiger partial charge is 0.327 e. The number of aromatic nitrogens is 3. The average molecular weight is 365 g/mol. The van der Waals surface area contributed by atoms with Gasteiger partial charge in [-0.2, -0.15) is 0 Å². The van der Waals surface area contributed by atoms with Crippen molar-refractivity contribution in [3.63, 3.8) is 0 Å². The number of hydrogen-bond donors (Lipinski definition) is 0.